The van der Waals surface area contributed by atoms with Crippen molar-refractivity contribution in [3.63, 3.8) is 0 Å². The molecule has 15 heavy (non-hydrogen) atoms. The number of pyridine rings is 1. The van der Waals surface area contributed by atoms with E-state index in [0.29, 0.717) is 11.4 Å². The van der Waals surface area contributed by atoms with Crippen molar-refractivity contribution in [1.29, 1.82) is 0 Å². The van der Waals surface area contributed by atoms with Crippen molar-refractivity contribution in [2.24, 2.45) is 0 Å². The Balaban J connectivity index is 2.53. The maximum Gasteiger partial charge on any atom is 0.169 e. The van der Waals surface area contributed by atoms with Gasteiger partial charge in [-0.2, -0.15) is 8.75 Å². The van der Waals surface area contributed by atoms with Crippen LogP contribution in [0.4, 0.5) is 5.82 Å². The van der Waals surface area contributed by atoms with E-state index in [1.54, 1.807) is 20.4 Å². The van der Waals surface area contributed by atoms with E-state index in [1.165, 1.54) is 0 Å². The summed E-state index contributed by atoms with van der Waals surface area (Å²) in [7, 11) is 3.41. The lowest BCUT2D eigenvalue weighted by atomic mass is 10.2. The van der Waals surface area contributed by atoms with E-state index in [4.69, 9.17) is 4.74 Å². The Kier molecular flexibility index (Phi) is 2.77. The molecule has 2 rings (SSSR count). The molecule has 0 aliphatic carbocycles. The maximum atomic E-state index is 5.22. The summed E-state index contributed by atoms with van der Waals surface area (Å²) in [5, 5.41) is 2.97. The van der Waals surface area contributed by atoms with Gasteiger partial charge in [0.25, 0.3) is 0 Å². The predicted octanol–water partition coefficient (Wildman–Crippen LogP) is 1.65. The quantitative estimate of drug-likeness (QED) is 0.855. The number of hydrogen-bond donors (Lipinski definition) is 1. The van der Waals surface area contributed by atoms with Crippen molar-refractivity contribution >= 4 is 17.5 Å². The normalized spacial score (nSPS) is 10.0. The van der Waals surface area contributed by atoms with Crippen molar-refractivity contribution in [3.05, 3.63) is 18.3 Å². The van der Waals surface area contributed by atoms with Crippen LogP contribution in [0.1, 0.15) is 0 Å². The van der Waals surface area contributed by atoms with E-state index in [2.05, 4.69) is 19.0 Å². The lowest BCUT2D eigenvalue weighted by Crippen LogP contribution is -1.95. The second-order valence-electron chi connectivity index (χ2n) is 2.77. The molecule has 0 radical (unpaired) electrons. The zero-order valence-electron chi connectivity index (χ0n) is 8.39. The minimum atomic E-state index is 0.696. The number of rotatable bonds is 3. The van der Waals surface area contributed by atoms with Crippen LogP contribution in [0.5, 0.6) is 5.75 Å². The number of nitrogens with one attached hydrogen (secondary N) is 1. The molecule has 2 heterocycles. The van der Waals surface area contributed by atoms with Gasteiger partial charge >= 0.3 is 0 Å². The van der Waals surface area contributed by atoms with Crippen molar-refractivity contribution < 1.29 is 4.74 Å². The third-order valence-electron chi connectivity index (χ3n) is 1.94. The molecule has 0 unspecified atom stereocenters. The van der Waals surface area contributed by atoms with Gasteiger partial charge in [0.2, 0.25) is 0 Å². The molecule has 5 nitrogen and oxygen atoms in total. The Morgan fingerprint density at radius 2 is 2.20 bits per heavy atom. The minimum absolute atomic E-state index is 0.696. The second kappa shape index (κ2) is 4.22. The third kappa shape index (κ3) is 1.75. The van der Waals surface area contributed by atoms with Gasteiger partial charge in [-0.05, 0) is 12.1 Å². The summed E-state index contributed by atoms with van der Waals surface area (Å²) in [6, 6.07) is 3.67. The first-order chi connectivity index (χ1) is 7.36. The molecule has 0 saturated heterocycles. The highest BCUT2D eigenvalue weighted by molar-refractivity contribution is 6.99. The van der Waals surface area contributed by atoms with E-state index in [1.807, 2.05) is 12.1 Å². The molecule has 0 spiro atoms. The van der Waals surface area contributed by atoms with Crippen LogP contribution in [0.15, 0.2) is 18.3 Å². The molecule has 6 heteroatoms. The first-order valence-electron chi connectivity index (χ1n) is 4.36. The van der Waals surface area contributed by atoms with Gasteiger partial charge in [-0.3, -0.25) is 4.98 Å². The summed E-state index contributed by atoms with van der Waals surface area (Å²) in [6.45, 7) is 0. The van der Waals surface area contributed by atoms with Crippen molar-refractivity contribution in [1.82, 2.24) is 13.7 Å². The van der Waals surface area contributed by atoms with Crippen LogP contribution in [-0.2, 0) is 0 Å². The predicted molar refractivity (Wildman–Crippen MR) is 59.2 cm³/mol. The van der Waals surface area contributed by atoms with E-state index in [9.17, 15) is 0 Å². The molecule has 0 bridgehead atoms. The molecular weight excluding hydrogens is 212 g/mol. The Morgan fingerprint density at radius 3 is 2.93 bits per heavy atom. The summed E-state index contributed by atoms with van der Waals surface area (Å²) < 4.78 is 13.5. The highest BCUT2D eigenvalue weighted by Gasteiger charge is 2.14. The Bertz CT molecular complexity index is 457. The van der Waals surface area contributed by atoms with Crippen LogP contribution in [0.3, 0.4) is 0 Å². The van der Waals surface area contributed by atoms with E-state index >= 15 is 0 Å². The number of aromatic nitrogens is 3. The first-order valence-corrected chi connectivity index (χ1v) is 5.09. The van der Waals surface area contributed by atoms with Crippen LogP contribution >= 0.6 is 11.7 Å². The summed E-state index contributed by atoms with van der Waals surface area (Å²) in [4.78, 5) is 4.24. The summed E-state index contributed by atoms with van der Waals surface area (Å²) in [6.07, 6.45) is 1.70. The number of anilines is 1. The number of hydrogen-bond acceptors (Lipinski definition) is 6. The van der Waals surface area contributed by atoms with Crippen LogP contribution in [0, 0.1) is 0 Å². The standard InChI is InChI=1S/C9H10N4OS/c1-10-9-8(12-15-13-9)7-6(14-2)4-3-5-11-7/h3-5H,1-2H3,(H,10,13). The molecular formula is C9H10N4OS. The Hall–Kier alpha value is -1.69. The zero-order chi connectivity index (χ0) is 10.7. The highest BCUT2D eigenvalue weighted by Crippen LogP contribution is 2.30. The molecule has 0 atom stereocenters. The fourth-order valence-corrected chi connectivity index (χ4v) is 1.80. The van der Waals surface area contributed by atoms with E-state index < -0.39 is 0 Å². The highest BCUT2D eigenvalue weighted by atomic mass is 32.1. The number of nitrogens with zero attached hydrogens (tertiary/aromatic N) is 3. The monoisotopic (exact) mass is 222 g/mol. The topological polar surface area (TPSA) is 59.9 Å². The largest absolute Gasteiger partial charge is 0.494 e. The average molecular weight is 222 g/mol. The van der Waals surface area contributed by atoms with Gasteiger partial charge in [0, 0.05) is 13.2 Å². The maximum absolute atomic E-state index is 5.22. The molecule has 0 aromatic carbocycles. The van der Waals surface area contributed by atoms with Crippen LogP contribution in [-0.4, -0.2) is 27.9 Å². The summed E-state index contributed by atoms with van der Waals surface area (Å²) in [5.41, 5.74) is 1.43. The number of ether oxygens (including phenoxy) is 1. The fraction of sp³-hybridized carbons (Fsp3) is 0.222. The van der Waals surface area contributed by atoms with Gasteiger partial charge in [0.15, 0.2) is 11.5 Å². The lowest BCUT2D eigenvalue weighted by molar-refractivity contribution is 0.414. The van der Waals surface area contributed by atoms with Gasteiger partial charge in [-0.1, -0.05) is 0 Å². The van der Waals surface area contributed by atoms with Gasteiger partial charge in [0.1, 0.15) is 11.4 Å². The molecule has 0 saturated carbocycles. The Morgan fingerprint density at radius 1 is 1.33 bits per heavy atom. The van der Waals surface area contributed by atoms with Crippen LogP contribution in [0.2, 0.25) is 0 Å². The fourth-order valence-electron chi connectivity index (χ4n) is 1.24. The van der Waals surface area contributed by atoms with Gasteiger partial charge in [-0.15, -0.1) is 0 Å². The summed E-state index contributed by atoms with van der Waals surface area (Å²) >= 11 is 1.15. The Labute approximate surface area is 91.5 Å². The third-order valence-corrected chi connectivity index (χ3v) is 2.47. The second-order valence-corrected chi connectivity index (χ2v) is 3.29. The smallest absolute Gasteiger partial charge is 0.169 e. The van der Waals surface area contributed by atoms with Gasteiger partial charge < -0.3 is 10.1 Å². The van der Waals surface area contributed by atoms with Crippen LogP contribution in [0.25, 0.3) is 11.4 Å². The van der Waals surface area contributed by atoms with Crippen molar-refractivity contribution in [2.45, 2.75) is 0 Å². The molecule has 1 N–H and O–H groups in total. The SMILES string of the molecule is CNc1nsnc1-c1ncccc1OC. The first kappa shape index (κ1) is 9.85. The number of methoxy groups -OCH3 is 1. The van der Waals surface area contributed by atoms with E-state index in [0.717, 1.165) is 23.2 Å². The lowest BCUT2D eigenvalue weighted by Gasteiger charge is -2.05. The molecule has 0 fully saturated rings. The molecule has 78 valence electrons. The molecule has 2 aromatic heterocycles. The van der Waals surface area contributed by atoms with Crippen LogP contribution < -0.4 is 10.1 Å². The van der Waals surface area contributed by atoms with E-state index in [-0.39, 0.29) is 0 Å². The van der Waals surface area contributed by atoms with Gasteiger partial charge in [0.05, 0.1) is 18.8 Å². The molecule has 0 amide bonds. The molecule has 0 aliphatic heterocycles. The average Bonchev–Trinajstić information content (AvgIpc) is 2.76. The van der Waals surface area contributed by atoms with Crippen molar-refractivity contribution in [2.75, 3.05) is 19.5 Å². The van der Waals surface area contributed by atoms with Crippen molar-refractivity contribution in [3.8, 4) is 17.1 Å². The van der Waals surface area contributed by atoms with Gasteiger partial charge in [-0.25, -0.2) is 0 Å². The summed E-state index contributed by atoms with van der Waals surface area (Å²) in [5.74, 6) is 1.42. The molecule has 0 aliphatic rings. The zero-order valence-corrected chi connectivity index (χ0v) is 9.21. The molecule has 2 aromatic rings. The minimum Gasteiger partial charge on any atom is -0.494 e.